The predicted octanol–water partition coefficient (Wildman–Crippen LogP) is 3.43. The van der Waals surface area contributed by atoms with E-state index < -0.39 is 29.6 Å². The van der Waals surface area contributed by atoms with E-state index in [-0.39, 0.29) is 28.0 Å². The van der Waals surface area contributed by atoms with E-state index in [1.165, 1.54) is 43.4 Å². The second-order valence-electron chi connectivity index (χ2n) is 8.79. The Morgan fingerprint density at radius 2 is 1.79 bits per heavy atom. The van der Waals surface area contributed by atoms with Gasteiger partial charge < -0.3 is 26.3 Å². The topological polar surface area (TPSA) is 150 Å². The summed E-state index contributed by atoms with van der Waals surface area (Å²) in [6.45, 7) is 0. The molecule has 1 atom stereocenters. The maximum Gasteiger partial charge on any atom is 0.273 e. The molecule has 0 saturated heterocycles. The van der Waals surface area contributed by atoms with Gasteiger partial charge in [-0.05, 0) is 60.8 Å². The molecule has 0 unspecified atom stereocenters. The average Bonchev–Trinajstić information content (AvgIpc) is 3.56. The number of anilines is 2. The fraction of sp³-hybridized carbons (Fsp3) is 0.308. The summed E-state index contributed by atoms with van der Waals surface area (Å²) in [6.07, 6.45) is 3.59. The number of halogens is 1. The molecular weight excluding hydrogens is 513 g/mol. The molecule has 0 bridgehead atoms. The zero-order valence-electron chi connectivity index (χ0n) is 20.9. The summed E-state index contributed by atoms with van der Waals surface area (Å²) in [4.78, 5) is 40.9. The first-order valence-corrected chi connectivity index (χ1v) is 12.7. The van der Waals surface area contributed by atoms with Crippen molar-refractivity contribution in [3.05, 3.63) is 64.4 Å². The Morgan fingerprint density at radius 1 is 1.11 bits per heavy atom. The molecule has 1 heterocycles. The highest BCUT2D eigenvalue weighted by atomic mass is 32.1. The van der Waals surface area contributed by atoms with Crippen molar-refractivity contribution < 1.29 is 28.2 Å². The molecule has 2 aromatic carbocycles. The third-order valence-electron chi connectivity index (χ3n) is 6.42. The van der Waals surface area contributed by atoms with E-state index in [1.807, 2.05) is 0 Å². The standard InChI is InChI=1S/C26H28FN5O5S/c1-36-17-11-12-18(19(13-17)37-2)22(25(34)30-15-5-3-4-6-15)32(16-9-7-14(27)8-10-16)26(35)23-20(28)21(24(29)33)31-38-23/h7-13,15,22H,3-6,28H2,1-2H3,(H2,29,33)(H,30,34)/t22-/m1/s1. The first kappa shape index (κ1) is 26.9. The normalized spacial score (nSPS) is 14.1. The molecule has 3 amide bonds. The molecule has 200 valence electrons. The molecular formula is C26H28FN5O5S. The number of methoxy groups -OCH3 is 2. The number of nitrogens with zero attached hydrogens (tertiary/aromatic N) is 2. The zero-order valence-corrected chi connectivity index (χ0v) is 21.7. The van der Waals surface area contributed by atoms with Gasteiger partial charge in [0.25, 0.3) is 11.8 Å². The van der Waals surface area contributed by atoms with Crippen molar-refractivity contribution in [1.82, 2.24) is 9.69 Å². The van der Waals surface area contributed by atoms with E-state index in [0.29, 0.717) is 28.6 Å². The third-order valence-corrected chi connectivity index (χ3v) is 7.27. The van der Waals surface area contributed by atoms with Crippen LogP contribution >= 0.6 is 11.5 Å². The van der Waals surface area contributed by atoms with Crippen LogP contribution in [0.3, 0.4) is 0 Å². The number of benzene rings is 2. The molecule has 38 heavy (non-hydrogen) atoms. The van der Waals surface area contributed by atoms with Gasteiger partial charge in [0.05, 0.1) is 19.9 Å². The molecule has 1 saturated carbocycles. The van der Waals surface area contributed by atoms with Crippen molar-refractivity contribution in [3.63, 3.8) is 0 Å². The number of amides is 3. The lowest BCUT2D eigenvalue weighted by atomic mass is 10.00. The molecule has 5 N–H and O–H groups in total. The van der Waals surface area contributed by atoms with Crippen molar-refractivity contribution in [3.8, 4) is 11.5 Å². The zero-order chi connectivity index (χ0) is 27.4. The van der Waals surface area contributed by atoms with Crippen LogP contribution in [0.25, 0.3) is 0 Å². The number of aromatic nitrogens is 1. The number of ether oxygens (including phenoxy) is 2. The lowest BCUT2D eigenvalue weighted by molar-refractivity contribution is -0.123. The highest BCUT2D eigenvalue weighted by Crippen LogP contribution is 2.38. The predicted molar refractivity (Wildman–Crippen MR) is 141 cm³/mol. The van der Waals surface area contributed by atoms with Crippen LogP contribution < -0.4 is 31.2 Å². The first-order chi connectivity index (χ1) is 18.2. The Hall–Kier alpha value is -4.19. The average molecular weight is 542 g/mol. The number of carbonyl (C=O) groups is 3. The van der Waals surface area contributed by atoms with Gasteiger partial charge in [0.15, 0.2) is 5.69 Å². The Labute approximate surface area is 222 Å². The molecule has 12 heteroatoms. The number of primary amides is 1. The summed E-state index contributed by atoms with van der Waals surface area (Å²) >= 11 is 0.688. The van der Waals surface area contributed by atoms with Gasteiger partial charge in [0, 0.05) is 23.4 Å². The Bertz CT molecular complexity index is 1340. The third kappa shape index (κ3) is 5.40. The quantitative estimate of drug-likeness (QED) is 0.376. The van der Waals surface area contributed by atoms with Crippen LogP contribution in [0.4, 0.5) is 15.8 Å². The van der Waals surface area contributed by atoms with Crippen molar-refractivity contribution >= 4 is 40.6 Å². The molecule has 1 aliphatic rings. The molecule has 1 aliphatic carbocycles. The van der Waals surface area contributed by atoms with Gasteiger partial charge in [0.2, 0.25) is 5.91 Å². The molecule has 0 aliphatic heterocycles. The lowest BCUT2D eigenvalue weighted by Crippen LogP contribution is -2.46. The van der Waals surface area contributed by atoms with Gasteiger partial charge in [-0.3, -0.25) is 19.3 Å². The minimum atomic E-state index is -1.26. The van der Waals surface area contributed by atoms with Crippen LogP contribution in [-0.4, -0.2) is 42.4 Å². The number of hydrogen-bond donors (Lipinski definition) is 3. The van der Waals surface area contributed by atoms with Crippen LogP contribution in [0.5, 0.6) is 11.5 Å². The van der Waals surface area contributed by atoms with E-state index >= 15 is 0 Å². The maximum atomic E-state index is 14.1. The minimum Gasteiger partial charge on any atom is -0.497 e. The molecule has 4 rings (SSSR count). The van der Waals surface area contributed by atoms with Crippen LogP contribution in [0.2, 0.25) is 0 Å². The van der Waals surface area contributed by atoms with Gasteiger partial charge in [-0.15, -0.1) is 0 Å². The number of rotatable bonds is 9. The largest absolute Gasteiger partial charge is 0.497 e. The SMILES string of the molecule is COc1ccc([C@H](C(=O)NC2CCCC2)N(C(=O)c2snc(C(N)=O)c2N)c2ccc(F)cc2)c(OC)c1. The summed E-state index contributed by atoms with van der Waals surface area (Å²) < 4.78 is 28.7. The number of hydrogen-bond acceptors (Lipinski definition) is 8. The second kappa shape index (κ2) is 11.5. The summed E-state index contributed by atoms with van der Waals surface area (Å²) in [5, 5.41) is 3.05. The van der Waals surface area contributed by atoms with Gasteiger partial charge in [-0.1, -0.05) is 12.8 Å². The van der Waals surface area contributed by atoms with Crippen LogP contribution in [-0.2, 0) is 4.79 Å². The molecule has 1 fully saturated rings. The first-order valence-electron chi connectivity index (χ1n) is 11.9. The van der Waals surface area contributed by atoms with E-state index in [9.17, 15) is 18.8 Å². The fourth-order valence-electron chi connectivity index (χ4n) is 4.52. The maximum absolute atomic E-state index is 14.1. The Kier molecular flexibility index (Phi) is 8.10. The fourth-order valence-corrected chi connectivity index (χ4v) is 5.26. The van der Waals surface area contributed by atoms with Gasteiger partial charge in [0.1, 0.15) is 28.2 Å². The second-order valence-corrected chi connectivity index (χ2v) is 9.56. The monoisotopic (exact) mass is 541 g/mol. The van der Waals surface area contributed by atoms with Crippen molar-refractivity contribution in [2.24, 2.45) is 5.73 Å². The Morgan fingerprint density at radius 3 is 2.37 bits per heavy atom. The highest BCUT2D eigenvalue weighted by molar-refractivity contribution is 7.09. The van der Waals surface area contributed by atoms with Gasteiger partial charge in [-0.25, -0.2) is 4.39 Å². The summed E-state index contributed by atoms with van der Waals surface area (Å²) in [5.41, 5.74) is 11.6. The number of carbonyl (C=O) groups excluding carboxylic acids is 3. The van der Waals surface area contributed by atoms with Crippen molar-refractivity contribution in [2.45, 2.75) is 37.8 Å². The summed E-state index contributed by atoms with van der Waals surface area (Å²) in [5.74, 6) is -1.81. The minimum absolute atomic E-state index is 0.0608. The van der Waals surface area contributed by atoms with E-state index in [2.05, 4.69) is 9.69 Å². The molecule has 1 aromatic heterocycles. The van der Waals surface area contributed by atoms with E-state index in [1.54, 1.807) is 18.2 Å². The number of nitrogen functional groups attached to an aromatic ring is 1. The summed E-state index contributed by atoms with van der Waals surface area (Å²) in [7, 11) is 2.94. The van der Waals surface area contributed by atoms with Crippen LogP contribution in [0.15, 0.2) is 42.5 Å². The van der Waals surface area contributed by atoms with E-state index in [0.717, 1.165) is 25.7 Å². The molecule has 0 radical (unpaired) electrons. The van der Waals surface area contributed by atoms with Crippen LogP contribution in [0, 0.1) is 5.82 Å². The number of nitrogens with two attached hydrogens (primary N) is 2. The smallest absolute Gasteiger partial charge is 0.273 e. The van der Waals surface area contributed by atoms with Gasteiger partial charge in [-0.2, -0.15) is 4.37 Å². The molecule has 3 aromatic rings. The van der Waals surface area contributed by atoms with Crippen LogP contribution in [0.1, 0.15) is 57.4 Å². The highest BCUT2D eigenvalue weighted by Gasteiger charge is 2.38. The Balaban J connectivity index is 1.90. The lowest BCUT2D eigenvalue weighted by Gasteiger charge is -2.33. The summed E-state index contributed by atoms with van der Waals surface area (Å²) in [6, 6.07) is 8.68. The van der Waals surface area contributed by atoms with Crippen molar-refractivity contribution in [1.29, 1.82) is 0 Å². The van der Waals surface area contributed by atoms with Gasteiger partial charge >= 0.3 is 0 Å². The van der Waals surface area contributed by atoms with E-state index in [4.69, 9.17) is 20.9 Å². The molecule has 10 nitrogen and oxygen atoms in total. The number of nitrogens with one attached hydrogen (secondary N) is 1. The molecule has 0 spiro atoms. The van der Waals surface area contributed by atoms with Crippen molar-refractivity contribution in [2.75, 3.05) is 24.9 Å².